The van der Waals surface area contributed by atoms with E-state index in [2.05, 4.69) is 16.8 Å². The van der Waals surface area contributed by atoms with Crippen LogP contribution in [0.4, 0.5) is 0 Å². The first-order valence-corrected chi connectivity index (χ1v) is 5.36. The molecule has 0 fully saturated rings. The molecule has 0 saturated carbocycles. The number of nitrogens with one attached hydrogen (secondary N) is 1. The normalized spacial score (nSPS) is 14.5. The fraction of sp³-hybridized carbons (Fsp3) is 0.600. The van der Waals surface area contributed by atoms with Gasteiger partial charge in [0.25, 0.3) is 0 Å². The highest BCUT2D eigenvalue weighted by atomic mass is 32.1. The lowest BCUT2D eigenvalue weighted by Crippen LogP contribution is -2.43. The third-order valence-corrected chi connectivity index (χ3v) is 3.10. The van der Waals surface area contributed by atoms with Crippen LogP contribution in [0.25, 0.3) is 0 Å². The standard InChI is InChI=1S/C10H17NOS/c1-8(10(2,3)12)11-7-9-5-4-6-13-9/h4-6,8,11-12H,7H2,1-3H3. The highest BCUT2D eigenvalue weighted by Crippen LogP contribution is 2.11. The molecule has 1 heterocycles. The molecular formula is C10H17NOS. The van der Waals surface area contributed by atoms with Crippen LogP contribution in [0.5, 0.6) is 0 Å². The zero-order valence-corrected chi connectivity index (χ0v) is 9.19. The Hall–Kier alpha value is -0.380. The Morgan fingerprint density at radius 3 is 2.77 bits per heavy atom. The Morgan fingerprint density at radius 2 is 2.31 bits per heavy atom. The van der Waals surface area contributed by atoms with Crippen molar-refractivity contribution in [2.45, 2.75) is 39.0 Å². The number of aliphatic hydroxyl groups is 1. The summed E-state index contributed by atoms with van der Waals surface area (Å²) in [5, 5.41) is 15.0. The van der Waals surface area contributed by atoms with Gasteiger partial charge >= 0.3 is 0 Å². The SMILES string of the molecule is CC(NCc1cccs1)C(C)(C)O. The molecule has 0 bridgehead atoms. The fourth-order valence-corrected chi connectivity index (χ4v) is 1.57. The Kier molecular flexibility index (Phi) is 3.47. The zero-order valence-electron chi connectivity index (χ0n) is 8.37. The lowest BCUT2D eigenvalue weighted by atomic mass is 10.0. The van der Waals surface area contributed by atoms with Crippen LogP contribution in [0, 0.1) is 0 Å². The summed E-state index contributed by atoms with van der Waals surface area (Å²) in [4.78, 5) is 1.30. The molecule has 1 rings (SSSR count). The molecule has 1 aromatic heterocycles. The van der Waals surface area contributed by atoms with Crippen LogP contribution in [0.1, 0.15) is 25.6 Å². The zero-order chi connectivity index (χ0) is 9.90. The molecule has 0 aromatic carbocycles. The van der Waals surface area contributed by atoms with Crippen molar-refractivity contribution in [2.24, 2.45) is 0 Å². The molecule has 1 unspecified atom stereocenters. The minimum Gasteiger partial charge on any atom is -0.389 e. The molecule has 74 valence electrons. The summed E-state index contributed by atoms with van der Waals surface area (Å²) >= 11 is 1.73. The van der Waals surface area contributed by atoms with E-state index in [9.17, 15) is 5.11 Å². The van der Waals surface area contributed by atoms with Gasteiger partial charge in [-0.2, -0.15) is 0 Å². The topological polar surface area (TPSA) is 32.3 Å². The first-order chi connectivity index (χ1) is 6.00. The Bertz CT molecular complexity index is 238. The van der Waals surface area contributed by atoms with Gasteiger partial charge in [-0.25, -0.2) is 0 Å². The van der Waals surface area contributed by atoms with Crippen LogP contribution in [0.3, 0.4) is 0 Å². The predicted octanol–water partition coefficient (Wildman–Crippen LogP) is 2.00. The first kappa shape index (κ1) is 10.7. The third kappa shape index (κ3) is 3.46. The molecule has 0 saturated heterocycles. The van der Waals surface area contributed by atoms with Crippen LogP contribution in [-0.4, -0.2) is 16.7 Å². The van der Waals surface area contributed by atoms with Gasteiger partial charge in [-0.05, 0) is 32.2 Å². The maximum atomic E-state index is 9.66. The third-order valence-electron chi connectivity index (χ3n) is 2.22. The smallest absolute Gasteiger partial charge is 0.0741 e. The van der Waals surface area contributed by atoms with Crippen molar-refractivity contribution in [1.29, 1.82) is 0 Å². The van der Waals surface area contributed by atoms with E-state index in [-0.39, 0.29) is 6.04 Å². The summed E-state index contributed by atoms with van der Waals surface area (Å²) in [6.07, 6.45) is 0. The molecule has 3 heteroatoms. The van der Waals surface area contributed by atoms with E-state index in [0.717, 1.165) is 6.54 Å². The number of thiophene rings is 1. The second kappa shape index (κ2) is 4.22. The fourth-order valence-electron chi connectivity index (χ4n) is 0.917. The highest BCUT2D eigenvalue weighted by Gasteiger charge is 2.21. The van der Waals surface area contributed by atoms with Gasteiger partial charge in [0.1, 0.15) is 0 Å². The maximum Gasteiger partial charge on any atom is 0.0741 e. The minimum atomic E-state index is -0.655. The van der Waals surface area contributed by atoms with Crippen molar-refractivity contribution in [3.63, 3.8) is 0 Å². The second-order valence-corrected chi connectivity index (χ2v) is 4.87. The van der Waals surface area contributed by atoms with E-state index in [1.54, 1.807) is 11.3 Å². The lowest BCUT2D eigenvalue weighted by molar-refractivity contribution is 0.0438. The average Bonchev–Trinajstić information content (AvgIpc) is 2.50. The van der Waals surface area contributed by atoms with E-state index in [0.29, 0.717) is 0 Å². The van der Waals surface area contributed by atoms with E-state index >= 15 is 0 Å². The van der Waals surface area contributed by atoms with Crippen LogP contribution in [0.15, 0.2) is 17.5 Å². The van der Waals surface area contributed by atoms with Crippen molar-refractivity contribution in [1.82, 2.24) is 5.32 Å². The summed E-state index contributed by atoms with van der Waals surface area (Å²) < 4.78 is 0. The van der Waals surface area contributed by atoms with Crippen molar-refractivity contribution >= 4 is 11.3 Å². The Morgan fingerprint density at radius 1 is 1.62 bits per heavy atom. The molecular weight excluding hydrogens is 182 g/mol. The summed E-state index contributed by atoms with van der Waals surface area (Å²) in [6, 6.07) is 4.24. The quantitative estimate of drug-likeness (QED) is 0.777. The van der Waals surface area contributed by atoms with E-state index in [1.807, 2.05) is 26.8 Å². The largest absolute Gasteiger partial charge is 0.389 e. The van der Waals surface area contributed by atoms with Gasteiger partial charge in [0.2, 0.25) is 0 Å². The van der Waals surface area contributed by atoms with Crippen LogP contribution in [-0.2, 0) is 6.54 Å². The molecule has 1 atom stereocenters. The molecule has 0 aliphatic rings. The van der Waals surface area contributed by atoms with Crippen molar-refractivity contribution in [3.8, 4) is 0 Å². The molecule has 2 nitrogen and oxygen atoms in total. The maximum absolute atomic E-state index is 9.66. The molecule has 0 amide bonds. The van der Waals surface area contributed by atoms with Gasteiger partial charge in [-0.15, -0.1) is 11.3 Å². The highest BCUT2D eigenvalue weighted by molar-refractivity contribution is 7.09. The van der Waals surface area contributed by atoms with E-state index in [1.165, 1.54) is 4.88 Å². The average molecular weight is 199 g/mol. The summed E-state index contributed by atoms with van der Waals surface area (Å²) in [7, 11) is 0. The monoisotopic (exact) mass is 199 g/mol. The summed E-state index contributed by atoms with van der Waals surface area (Å²) in [5.41, 5.74) is -0.655. The van der Waals surface area contributed by atoms with Crippen LogP contribution >= 0.6 is 11.3 Å². The Balaban J connectivity index is 2.35. The molecule has 0 radical (unpaired) electrons. The van der Waals surface area contributed by atoms with Crippen molar-refractivity contribution in [3.05, 3.63) is 22.4 Å². The van der Waals surface area contributed by atoms with Gasteiger partial charge in [0, 0.05) is 17.5 Å². The molecule has 0 spiro atoms. The number of hydrogen-bond donors (Lipinski definition) is 2. The molecule has 0 aliphatic carbocycles. The Labute approximate surface area is 83.6 Å². The van der Waals surface area contributed by atoms with Gasteiger partial charge in [-0.3, -0.25) is 0 Å². The predicted molar refractivity (Wildman–Crippen MR) is 56.9 cm³/mol. The van der Waals surface area contributed by atoms with Gasteiger partial charge in [0.15, 0.2) is 0 Å². The minimum absolute atomic E-state index is 0.106. The molecule has 2 N–H and O–H groups in total. The molecule has 1 aromatic rings. The van der Waals surface area contributed by atoms with Crippen LogP contribution < -0.4 is 5.32 Å². The van der Waals surface area contributed by atoms with Gasteiger partial charge in [0.05, 0.1) is 5.60 Å². The summed E-state index contributed by atoms with van der Waals surface area (Å²) in [5.74, 6) is 0. The van der Waals surface area contributed by atoms with Gasteiger partial charge in [-0.1, -0.05) is 6.07 Å². The van der Waals surface area contributed by atoms with E-state index in [4.69, 9.17) is 0 Å². The van der Waals surface area contributed by atoms with Crippen molar-refractivity contribution in [2.75, 3.05) is 0 Å². The second-order valence-electron chi connectivity index (χ2n) is 3.84. The molecule has 13 heavy (non-hydrogen) atoms. The van der Waals surface area contributed by atoms with Gasteiger partial charge < -0.3 is 10.4 Å². The number of hydrogen-bond acceptors (Lipinski definition) is 3. The lowest BCUT2D eigenvalue weighted by Gasteiger charge is -2.26. The summed E-state index contributed by atoms with van der Waals surface area (Å²) in [6.45, 7) is 6.47. The van der Waals surface area contributed by atoms with Crippen LogP contribution in [0.2, 0.25) is 0 Å². The van der Waals surface area contributed by atoms with Crippen molar-refractivity contribution < 1.29 is 5.11 Å². The number of rotatable bonds is 4. The van der Waals surface area contributed by atoms with E-state index < -0.39 is 5.60 Å². The first-order valence-electron chi connectivity index (χ1n) is 4.48. The molecule has 0 aliphatic heterocycles.